The fourth-order valence-corrected chi connectivity index (χ4v) is 1.87. The van der Waals surface area contributed by atoms with Crippen LogP contribution in [0.4, 0.5) is 0 Å². The van der Waals surface area contributed by atoms with Crippen LogP contribution in [0, 0.1) is 5.92 Å². The van der Waals surface area contributed by atoms with Gasteiger partial charge >= 0.3 is 0 Å². The van der Waals surface area contributed by atoms with Crippen molar-refractivity contribution in [2.24, 2.45) is 11.7 Å². The summed E-state index contributed by atoms with van der Waals surface area (Å²) in [6, 6.07) is 3.51. The number of rotatable bonds is 6. The van der Waals surface area contributed by atoms with E-state index >= 15 is 0 Å². The van der Waals surface area contributed by atoms with Crippen LogP contribution < -0.4 is 11.1 Å². The topological polar surface area (TPSA) is 68.0 Å². The molecule has 1 heterocycles. The van der Waals surface area contributed by atoms with E-state index in [1.165, 1.54) is 0 Å². The molecule has 1 unspecified atom stereocenters. The molecule has 0 aliphatic carbocycles. The Balaban J connectivity index is 2.43. The Kier molecular flexibility index (Phi) is 5.63. The summed E-state index contributed by atoms with van der Waals surface area (Å²) in [4.78, 5) is 15.6. The average Bonchev–Trinajstić information content (AvgIpc) is 2.38. The fourth-order valence-electron chi connectivity index (χ4n) is 1.87. The van der Waals surface area contributed by atoms with Gasteiger partial charge in [0.05, 0.1) is 5.56 Å². The summed E-state index contributed by atoms with van der Waals surface area (Å²) in [5.41, 5.74) is 6.61. The van der Waals surface area contributed by atoms with Gasteiger partial charge in [0.25, 0.3) is 5.91 Å². The quantitative estimate of drug-likeness (QED) is 0.786. The Morgan fingerprint density at radius 1 is 1.47 bits per heavy atom. The molecule has 4 nitrogen and oxygen atoms in total. The van der Waals surface area contributed by atoms with Crippen LogP contribution in [0.1, 0.15) is 37.0 Å². The van der Waals surface area contributed by atoms with E-state index in [4.69, 9.17) is 5.73 Å². The molecule has 0 fully saturated rings. The SMILES string of the molecule is CCC(CC)C(N)CNC(=O)c1cccnc1. The number of nitrogens with one attached hydrogen (secondary N) is 1. The summed E-state index contributed by atoms with van der Waals surface area (Å²) in [5, 5.41) is 2.84. The van der Waals surface area contributed by atoms with Crippen LogP contribution >= 0.6 is 0 Å². The standard InChI is InChI=1S/C13H21N3O/c1-3-10(4-2)12(14)9-16-13(17)11-6-5-7-15-8-11/h5-8,10,12H,3-4,9,14H2,1-2H3,(H,16,17). The number of hydrogen-bond donors (Lipinski definition) is 2. The average molecular weight is 235 g/mol. The van der Waals surface area contributed by atoms with E-state index < -0.39 is 0 Å². The molecule has 0 bridgehead atoms. The van der Waals surface area contributed by atoms with Crippen molar-refractivity contribution in [2.75, 3.05) is 6.54 Å². The highest BCUT2D eigenvalue weighted by Crippen LogP contribution is 2.10. The monoisotopic (exact) mass is 235 g/mol. The number of carbonyl (C=O) groups is 1. The van der Waals surface area contributed by atoms with Crippen molar-refractivity contribution in [1.29, 1.82) is 0 Å². The Labute approximate surface area is 103 Å². The smallest absolute Gasteiger partial charge is 0.252 e. The van der Waals surface area contributed by atoms with Gasteiger partial charge in [0.15, 0.2) is 0 Å². The van der Waals surface area contributed by atoms with Gasteiger partial charge in [-0.1, -0.05) is 26.7 Å². The van der Waals surface area contributed by atoms with E-state index in [0.717, 1.165) is 12.8 Å². The molecule has 1 aromatic heterocycles. The van der Waals surface area contributed by atoms with E-state index in [9.17, 15) is 4.79 Å². The van der Waals surface area contributed by atoms with E-state index in [0.29, 0.717) is 18.0 Å². The molecule has 17 heavy (non-hydrogen) atoms. The van der Waals surface area contributed by atoms with Gasteiger partial charge in [0, 0.05) is 25.0 Å². The van der Waals surface area contributed by atoms with Crippen LogP contribution in [-0.2, 0) is 0 Å². The minimum Gasteiger partial charge on any atom is -0.350 e. The Morgan fingerprint density at radius 3 is 2.71 bits per heavy atom. The molecule has 3 N–H and O–H groups in total. The molecule has 4 heteroatoms. The number of carbonyl (C=O) groups excluding carboxylic acids is 1. The maximum Gasteiger partial charge on any atom is 0.252 e. The van der Waals surface area contributed by atoms with E-state index in [1.807, 2.05) is 0 Å². The molecule has 1 atom stereocenters. The largest absolute Gasteiger partial charge is 0.350 e. The first kappa shape index (κ1) is 13.6. The molecule has 94 valence electrons. The fraction of sp³-hybridized carbons (Fsp3) is 0.538. The van der Waals surface area contributed by atoms with Crippen molar-refractivity contribution in [3.63, 3.8) is 0 Å². The summed E-state index contributed by atoms with van der Waals surface area (Å²) in [6.07, 6.45) is 5.28. The van der Waals surface area contributed by atoms with E-state index in [2.05, 4.69) is 24.1 Å². The van der Waals surface area contributed by atoms with Gasteiger partial charge in [-0.25, -0.2) is 0 Å². The molecule has 0 aliphatic heterocycles. The molecule has 0 saturated heterocycles. The van der Waals surface area contributed by atoms with Crippen LogP contribution in [0.3, 0.4) is 0 Å². The second kappa shape index (κ2) is 7.01. The lowest BCUT2D eigenvalue weighted by molar-refractivity contribution is 0.0947. The summed E-state index contributed by atoms with van der Waals surface area (Å²) >= 11 is 0. The predicted octanol–water partition coefficient (Wildman–Crippen LogP) is 1.57. The third-order valence-corrected chi connectivity index (χ3v) is 3.08. The van der Waals surface area contributed by atoms with Gasteiger partial charge in [-0.05, 0) is 18.1 Å². The van der Waals surface area contributed by atoms with Crippen molar-refractivity contribution in [3.8, 4) is 0 Å². The van der Waals surface area contributed by atoms with Gasteiger partial charge in [0.2, 0.25) is 0 Å². The highest BCUT2D eigenvalue weighted by molar-refractivity contribution is 5.93. The lowest BCUT2D eigenvalue weighted by Crippen LogP contribution is -2.41. The minimum atomic E-state index is -0.112. The zero-order valence-corrected chi connectivity index (χ0v) is 10.5. The molecule has 1 amide bonds. The van der Waals surface area contributed by atoms with Crippen LogP contribution in [0.15, 0.2) is 24.5 Å². The number of nitrogens with two attached hydrogens (primary N) is 1. The molecular formula is C13H21N3O. The second-order valence-electron chi connectivity index (χ2n) is 4.19. The molecule has 0 aliphatic rings. The first-order valence-corrected chi connectivity index (χ1v) is 6.12. The zero-order valence-electron chi connectivity index (χ0n) is 10.5. The van der Waals surface area contributed by atoms with Crippen molar-refractivity contribution < 1.29 is 4.79 Å². The van der Waals surface area contributed by atoms with Gasteiger partial charge in [-0.15, -0.1) is 0 Å². The molecule has 1 rings (SSSR count). The lowest BCUT2D eigenvalue weighted by atomic mass is 9.95. The van der Waals surface area contributed by atoms with Crippen molar-refractivity contribution in [1.82, 2.24) is 10.3 Å². The maximum absolute atomic E-state index is 11.7. The Morgan fingerprint density at radius 2 is 2.18 bits per heavy atom. The van der Waals surface area contributed by atoms with Crippen molar-refractivity contribution in [3.05, 3.63) is 30.1 Å². The number of pyridine rings is 1. The predicted molar refractivity (Wildman–Crippen MR) is 68.6 cm³/mol. The van der Waals surface area contributed by atoms with Crippen molar-refractivity contribution in [2.45, 2.75) is 32.7 Å². The minimum absolute atomic E-state index is 0.0191. The summed E-state index contributed by atoms with van der Waals surface area (Å²) in [5.74, 6) is 0.351. The van der Waals surface area contributed by atoms with Crippen LogP contribution in [0.25, 0.3) is 0 Å². The molecule has 0 saturated carbocycles. The third kappa shape index (κ3) is 4.15. The van der Waals surface area contributed by atoms with Gasteiger partial charge in [0.1, 0.15) is 0 Å². The number of hydrogen-bond acceptors (Lipinski definition) is 3. The summed E-state index contributed by atoms with van der Waals surface area (Å²) < 4.78 is 0. The van der Waals surface area contributed by atoms with E-state index in [1.54, 1.807) is 24.5 Å². The highest BCUT2D eigenvalue weighted by atomic mass is 16.1. The van der Waals surface area contributed by atoms with E-state index in [-0.39, 0.29) is 11.9 Å². The highest BCUT2D eigenvalue weighted by Gasteiger charge is 2.15. The van der Waals surface area contributed by atoms with Crippen LogP contribution in [0.2, 0.25) is 0 Å². The van der Waals surface area contributed by atoms with Crippen LogP contribution in [-0.4, -0.2) is 23.5 Å². The molecule has 0 aromatic carbocycles. The molecular weight excluding hydrogens is 214 g/mol. The summed E-state index contributed by atoms with van der Waals surface area (Å²) in [7, 11) is 0. The Hall–Kier alpha value is -1.42. The third-order valence-electron chi connectivity index (χ3n) is 3.08. The zero-order chi connectivity index (χ0) is 12.7. The van der Waals surface area contributed by atoms with Crippen molar-refractivity contribution >= 4 is 5.91 Å². The normalized spacial score (nSPS) is 12.5. The number of nitrogens with zero attached hydrogens (tertiary/aromatic N) is 1. The molecule has 0 radical (unpaired) electrons. The lowest BCUT2D eigenvalue weighted by Gasteiger charge is -2.21. The Bertz CT molecular complexity index is 336. The molecule has 1 aromatic rings. The second-order valence-corrected chi connectivity index (χ2v) is 4.19. The first-order chi connectivity index (χ1) is 8.19. The number of aromatic nitrogens is 1. The van der Waals surface area contributed by atoms with Gasteiger partial charge in [-0.2, -0.15) is 0 Å². The summed E-state index contributed by atoms with van der Waals surface area (Å²) in [6.45, 7) is 4.76. The van der Waals surface area contributed by atoms with Crippen LogP contribution in [0.5, 0.6) is 0 Å². The molecule has 0 spiro atoms. The number of amides is 1. The van der Waals surface area contributed by atoms with Gasteiger partial charge < -0.3 is 11.1 Å². The first-order valence-electron chi connectivity index (χ1n) is 6.12. The van der Waals surface area contributed by atoms with Gasteiger partial charge in [-0.3, -0.25) is 9.78 Å². The maximum atomic E-state index is 11.7.